The number of aromatic amines is 1. The molecule has 7 nitrogen and oxygen atoms in total. The molecule has 0 atom stereocenters. The van der Waals surface area contributed by atoms with E-state index in [1.807, 2.05) is 6.92 Å². The largest absolute Gasteiger partial charge is 0.492 e. The molecule has 4 rings (SSSR count). The molecule has 1 N–H and O–H groups in total. The van der Waals surface area contributed by atoms with Gasteiger partial charge in [0, 0.05) is 24.6 Å². The predicted molar refractivity (Wildman–Crippen MR) is 101 cm³/mol. The molecule has 1 aliphatic rings. The number of nitrogens with zero attached hydrogens (tertiary/aromatic N) is 3. The van der Waals surface area contributed by atoms with Gasteiger partial charge in [0.2, 0.25) is 10.0 Å². The fraction of sp³-hybridized carbons (Fsp3) is 0.263. The number of sulfonamides is 1. The van der Waals surface area contributed by atoms with E-state index in [-0.39, 0.29) is 16.6 Å². The summed E-state index contributed by atoms with van der Waals surface area (Å²) in [5.74, 6) is 1.02. The van der Waals surface area contributed by atoms with E-state index in [0.29, 0.717) is 42.7 Å². The topological polar surface area (TPSA) is 88.2 Å². The van der Waals surface area contributed by atoms with Crippen LogP contribution < -0.4 is 4.74 Å². The minimum Gasteiger partial charge on any atom is -0.492 e. The van der Waals surface area contributed by atoms with Gasteiger partial charge in [-0.25, -0.2) is 17.8 Å². The van der Waals surface area contributed by atoms with E-state index in [0.717, 1.165) is 0 Å². The Morgan fingerprint density at radius 3 is 2.61 bits per heavy atom. The SMILES string of the molecule is CCOc1ccccc1S(=O)(=O)N1CC(c2nc(-c3ccc(F)cc3)n[nH]2)C1. The van der Waals surface area contributed by atoms with Gasteiger partial charge in [-0.15, -0.1) is 0 Å². The molecule has 3 aromatic rings. The van der Waals surface area contributed by atoms with Gasteiger partial charge < -0.3 is 4.74 Å². The van der Waals surface area contributed by atoms with Crippen LogP contribution in [0.3, 0.4) is 0 Å². The predicted octanol–water partition coefficient (Wildman–Crippen LogP) is 2.80. The van der Waals surface area contributed by atoms with Crippen molar-refractivity contribution in [2.45, 2.75) is 17.7 Å². The van der Waals surface area contributed by atoms with Crippen molar-refractivity contribution in [1.29, 1.82) is 0 Å². The summed E-state index contributed by atoms with van der Waals surface area (Å²) in [5.41, 5.74) is 0.693. The molecule has 0 amide bonds. The molecule has 1 saturated heterocycles. The number of nitrogens with one attached hydrogen (secondary N) is 1. The number of para-hydroxylation sites is 1. The van der Waals surface area contributed by atoms with Gasteiger partial charge in [0.15, 0.2) is 5.82 Å². The number of benzene rings is 2. The summed E-state index contributed by atoms with van der Waals surface area (Å²) in [6, 6.07) is 12.5. The number of aromatic nitrogens is 3. The van der Waals surface area contributed by atoms with Gasteiger partial charge in [-0.1, -0.05) is 12.1 Å². The van der Waals surface area contributed by atoms with Crippen molar-refractivity contribution in [2.24, 2.45) is 0 Å². The third-order valence-corrected chi connectivity index (χ3v) is 6.48. The lowest BCUT2D eigenvalue weighted by Crippen LogP contribution is -2.48. The van der Waals surface area contributed by atoms with E-state index in [2.05, 4.69) is 15.2 Å². The Kier molecular flexibility index (Phi) is 4.86. The van der Waals surface area contributed by atoms with Gasteiger partial charge in [-0.2, -0.15) is 9.40 Å². The van der Waals surface area contributed by atoms with Crippen LogP contribution in [0.15, 0.2) is 53.4 Å². The molecule has 0 unspecified atom stereocenters. The summed E-state index contributed by atoms with van der Waals surface area (Å²) in [7, 11) is -3.64. The number of halogens is 1. The number of rotatable bonds is 6. The summed E-state index contributed by atoms with van der Waals surface area (Å²) >= 11 is 0. The Hall–Kier alpha value is -2.78. The lowest BCUT2D eigenvalue weighted by atomic mass is 10.0. The van der Waals surface area contributed by atoms with E-state index in [1.54, 1.807) is 36.4 Å². The smallest absolute Gasteiger partial charge is 0.246 e. The summed E-state index contributed by atoms with van der Waals surface area (Å²) in [4.78, 5) is 4.60. The first kappa shape index (κ1) is 18.6. The molecule has 0 bridgehead atoms. The third-order valence-electron chi connectivity index (χ3n) is 4.61. The van der Waals surface area contributed by atoms with Crippen LogP contribution in [-0.4, -0.2) is 47.6 Å². The number of hydrogen-bond acceptors (Lipinski definition) is 5. The second-order valence-electron chi connectivity index (χ2n) is 6.45. The number of ether oxygens (including phenoxy) is 1. The molecule has 28 heavy (non-hydrogen) atoms. The van der Waals surface area contributed by atoms with Crippen molar-refractivity contribution in [3.8, 4) is 17.1 Å². The second kappa shape index (κ2) is 7.33. The van der Waals surface area contributed by atoms with Gasteiger partial charge in [0.1, 0.15) is 22.3 Å². The molecular weight excluding hydrogens is 383 g/mol. The first-order chi connectivity index (χ1) is 13.5. The zero-order chi connectivity index (χ0) is 19.7. The van der Waals surface area contributed by atoms with Gasteiger partial charge in [-0.05, 0) is 43.3 Å². The van der Waals surface area contributed by atoms with Gasteiger partial charge >= 0.3 is 0 Å². The highest BCUT2D eigenvalue weighted by atomic mass is 32.2. The zero-order valence-electron chi connectivity index (χ0n) is 15.2. The van der Waals surface area contributed by atoms with Crippen LogP contribution >= 0.6 is 0 Å². The third kappa shape index (κ3) is 3.38. The van der Waals surface area contributed by atoms with Crippen LogP contribution in [0.4, 0.5) is 4.39 Å². The normalized spacial score (nSPS) is 15.4. The van der Waals surface area contributed by atoms with Crippen LogP contribution in [0.2, 0.25) is 0 Å². The van der Waals surface area contributed by atoms with E-state index in [1.165, 1.54) is 16.4 Å². The van der Waals surface area contributed by atoms with E-state index in [9.17, 15) is 12.8 Å². The molecule has 1 fully saturated rings. The molecule has 0 saturated carbocycles. The molecule has 0 spiro atoms. The van der Waals surface area contributed by atoms with Crippen molar-refractivity contribution in [3.63, 3.8) is 0 Å². The summed E-state index contributed by atoms with van der Waals surface area (Å²) in [6.45, 7) is 2.81. The van der Waals surface area contributed by atoms with E-state index >= 15 is 0 Å². The van der Waals surface area contributed by atoms with Crippen LogP contribution in [0.5, 0.6) is 5.75 Å². The van der Waals surface area contributed by atoms with Gasteiger partial charge in [-0.3, -0.25) is 5.10 Å². The maximum Gasteiger partial charge on any atom is 0.246 e. The monoisotopic (exact) mass is 402 g/mol. The van der Waals surface area contributed by atoms with E-state index in [4.69, 9.17) is 4.74 Å². The first-order valence-electron chi connectivity index (χ1n) is 8.89. The number of hydrogen-bond donors (Lipinski definition) is 1. The van der Waals surface area contributed by atoms with E-state index < -0.39 is 10.0 Å². The van der Waals surface area contributed by atoms with Crippen molar-refractivity contribution in [1.82, 2.24) is 19.5 Å². The highest BCUT2D eigenvalue weighted by molar-refractivity contribution is 7.89. The average Bonchev–Trinajstić information content (AvgIpc) is 3.11. The Labute approximate surface area is 162 Å². The Balaban J connectivity index is 1.48. The number of H-pyrrole nitrogens is 1. The summed E-state index contributed by atoms with van der Waals surface area (Å²) in [5, 5.41) is 7.02. The lowest BCUT2D eigenvalue weighted by molar-refractivity contribution is 0.254. The Morgan fingerprint density at radius 2 is 1.89 bits per heavy atom. The van der Waals surface area contributed by atoms with Crippen LogP contribution in [0, 0.1) is 5.82 Å². The molecule has 1 aromatic heterocycles. The lowest BCUT2D eigenvalue weighted by Gasteiger charge is -2.36. The standard InChI is InChI=1S/C19H19FN4O3S/c1-2-27-16-5-3-4-6-17(16)28(25,26)24-11-14(12-24)19-21-18(22-23-19)13-7-9-15(20)10-8-13/h3-10,14H,2,11-12H2,1H3,(H,21,22,23). The Morgan fingerprint density at radius 1 is 1.18 bits per heavy atom. The minimum absolute atomic E-state index is 0.0734. The van der Waals surface area contributed by atoms with Gasteiger partial charge in [0.05, 0.1) is 6.61 Å². The van der Waals surface area contributed by atoms with Crippen molar-refractivity contribution in [2.75, 3.05) is 19.7 Å². The highest BCUT2D eigenvalue weighted by Gasteiger charge is 2.40. The maximum atomic E-state index is 13.1. The van der Waals surface area contributed by atoms with Crippen molar-refractivity contribution >= 4 is 10.0 Å². The molecule has 0 aliphatic carbocycles. The van der Waals surface area contributed by atoms with Crippen molar-refractivity contribution < 1.29 is 17.5 Å². The molecule has 9 heteroatoms. The second-order valence-corrected chi connectivity index (χ2v) is 8.36. The van der Waals surface area contributed by atoms with Crippen LogP contribution in [0.25, 0.3) is 11.4 Å². The van der Waals surface area contributed by atoms with Gasteiger partial charge in [0.25, 0.3) is 0 Å². The van der Waals surface area contributed by atoms with Crippen molar-refractivity contribution in [3.05, 3.63) is 60.2 Å². The average molecular weight is 402 g/mol. The molecule has 1 aliphatic heterocycles. The highest BCUT2D eigenvalue weighted by Crippen LogP contribution is 2.34. The first-order valence-corrected chi connectivity index (χ1v) is 10.3. The minimum atomic E-state index is -3.64. The summed E-state index contributed by atoms with van der Waals surface area (Å²) in [6.07, 6.45) is 0. The molecule has 0 radical (unpaired) electrons. The molecule has 146 valence electrons. The fourth-order valence-corrected chi connectivity index (χ4v) is 4.73. The zero-order valence-corrected chi connectivity index (χ0v) is 16.0. The fourth-order valence-electron chi connectivity index (χ4n) is 3.07. The molecule has 2 aromatic carbocycles. The van der Waals surface area contributed by atoms with Crippen LogP contribution in [-0.2, 0) is 10.0 Å². The summed E-state index contributed by atoms with van der Waals surface area (Å²) < 4.78 is 45.7. The molecule has 2 heterocycles. The van der Waals surface area contributed by atoms with Crippen LogP contribution in [0.1, 0.15) is 18.7 Å². The molecular formula is C19H19FN4O3S. The maximum absolute atomic E-state index is 13.1. The quantitative estimate of drug-likeness (QED) is 0.685. The Bertz CT molecular complexity index is 1080.